The van der Waals surface area contributed by atoms with Crippen LogP contribution in [0.25, 0.3) is 0 Å². The number of halogens is 1. The minimum absolute atomic E-state index is 0.00468. The van der Waals surface area contributed by atoms with E-state index in [0.717, 1.165) is 18.4 Å². The van der Waals surface area contributed by atoms with Crippen molar-refractivity contribution in [3.63, 3.8) is 0 Å². The fourth-order valence-corrected chi connectivity index (χ4v) is 4.62. The van der Waals surface area contributed by atoms with Crippen molar-refractivity contribution in [2.45, 2.75) is 24.2 Å². The van der Waals surface area contributed by atoms with Crippen molar-refractivity contribution in [3.8, 4) is 0 Å². The Morgan fingerprint density at radius 2 is 1.84 bits per heavy atom. The van der Waals surface area contributed by atoms with Crippen molar-refractivity contribution in [3.05, 3.63) is 53.1 Å². The maximum Gasteiger partial charge on any atom is 0.264 e. The van der Waals surface area contributed by atoms with Crippen LogP contribution in [0.3, 0.4) is 0 Å². The zero-order valence-corrected chi connectivity index (χ0v) is 15.0. The number of anilines is 2. The van der Waals surface area contributed by atoms with Crippen LogP contribution in [0.4, 0.5) is 11.4 Å². The highest BCUT2D eigenvalue weighted by Crippen LogP contribution is 2.36. The summed E-state index contributed by atoms with van der Waals surface area (Å²) in [6, 6.07) is 11.6. The number of carbonyl (C=O) groups excluding carboxylic acids is 1. The monoisotopic (exact) mass is 376 g/mol. The highest BCUT2D eigenvalue weighted by molar-refractivity contribution is 7.92. The Bertz CT molecular complexity index is 937. The molecule has 1 N–H and O–H groups in total. The lowest BCUT2D eigenvalue weighted by Crippen LogP contribution is -2.29. The van der Waals surface area contributed by atoms with E-state index in [9.17, 15) is 13.2 Å². The molecular weight excluding hydrogens is 360 g/mol. The molecule has 2 aliphatic rings. The highest BCUT2D eigenvalue weighted by Gasteiger charge is 2.32. The van der Waals surface area contributed by atoms with E-state index in [2.05, 4.69) is 5.32 Å². The molecule has 4 rings (SSSR count). The maximum atomic E-state index is 13.0. The van der Waals surface area contributed by atoms with E-state index in [0.29, 0.717) is 29.4 Å². The molecule has 1 amide bonds. The van der Waals surface area contributed by atoms with E-state index in [1.54, 1.807) is 18.2 Å². The predicted molar refractivity (Wildman–Crippen MR) is 97.5 cm³/mol. The minimum Gasteiger partial charge on any atom is -0.326 e. The summed E-state index contributed by atoms with van der Waals surface area (Å²) < 4.78 is 27.3. The van der Waals surface area contributed by atoms with Crippen LogP contribution in [-0.4, -0.2) is 20.9 Å². The molecule has 1 saturated carbocycles. The fraction of sp³-hybridized carbons (Fsp3) is 0.278. The van der Waals surface area contributed by atoms with Crippen molar-refractivity contribution in [2.75, 3.05) is 16.2 Å². The standard InChI is InChI=1S/C18H17ClN2O3S/c19-14-4-7-16(8-5-14)25(23,24)21-10-9-12-3-6-15(11-17(12)21)20-18(22)13-1-2-13/h3-8,11,13H,1-2,9-10H2,(H,20,22). The van der Waals surface area contributed by atoms with Gasteiger partial charge >= 0.3 is 0 Å². The number of sulfonamides is 1. The van der Waals surface area contributed by atoms with E-state index >= 15 is 0 Å². The lowest BCUT2D eigenvalue weighted by Gasteiger charge is -2.20. The van der Waals surface area contributed by atoms with Crippen molar-refractivity contribution in [1.29, 1.82) is 0 Å². The molecule has 0 bridgehead atoms. The molecule has 0 atom stereocenters. The van der Waals surface area contributed by atoms with E-state index in [1.807, 2.05) is 12.1 Å². The number of benzene rings is 2. The van der Waals surface area contributed by atoms with Gasteiger partial charge in [-0.3, -0.25) is 9.10 Å². The summed E-state index contributed by atoms with van der Waals surface area (Å²) in [6.07, 6.45) is 2.50. The van der Waals surface area contributed by atoms with Gasteiger partial charge in [0.25, 0.3) is 10.0 Å². The molecule has 5 nitrogen and oxygen atoms in total. The topological polar surface area (TPSA) is 66.5 Å². The molecule has 2 aromatic rings. The third-order valence-electron chi connectivity index (χ3n) is 4.56. The largest absolute Gasteiger partial charge is 0.326 e. The smallest absolute Gasteiger partial charge is 0.264 e. The third kappa shape index (κ3) is 3.12. The van der Waals surface area contributed by atoms with E-state index in [1.165, 1.54) is 16.4 Å². The number of amides is 1. The molecule has 0 saturated heterocycles. The van der Waals surface area contributed by atoms with Gasteiger partial charge in [-0.1, -0.05) is 17.7 Å². The van der Waals surface area contributed by atoms with Crippen LogP contribution in [0.5, 0.6) is 0 Å². The predicted octanol–water partition coefficient (Wildman–Crippen LogP) is 3.44. The van der Waals surface area contributed by atoms with Gasteiger partial charge in [0.1, 0.15) is 0 Å². The number of nitrogens with one attached hydrogen (secondary N) is 1. The van der Waals surface area contributed by atoms with Gasteiger partial charge in [-0.15, -0.1) is 0 Å². The van der Waals surface area contributed by atoms with Crippen LogP contribution in [-0.2, 0) is 21.2 Å². The van der Waals surface area contributed by atoms with Gasteiger partial charge in [0.15, 0.2) is 0 Å². The third-order valence-corrected chi connectivity index (χ3v) is 6.63. The molecule has 0 spiro atoms. The Kier molecular flexibility index (Phi) is 3.96. The first kappa shape index (κ1) is 16.4. The zero-order valence-electron chi connectivity index (χ0n) is 13.4. The number of hydrogen-bond donors (Lipinski definition) is 1. The van der Waals surface area contributed by atoms with Crippen LogP contribution in [0.1, 0.15) is 18.4 Å². The Hall–Kier alpha value is -2.05. The van der Waals surface area contributed by atoms with Crippen LogP contribution in [0, 0.1) is 5.92 Å². The van der Waals surface area contributed by atoms with Gasteiger partial charge in [0, 0.05) is 23.2 Å². The summed E-state index contributed by atoms with van der Waals surface area (Å²) in [6.45, 7) is 0.389. The average molecular weight is 377 g/mol. The lowest BCUT2D eigenvalue weighted by atomic mass is 10.1. The van der Waals surface area contributed by atoms with Crippen LogP contribution in [0.2, 0.25) is 5.02 Å². The number of hydrogen-bond acceptors (Lipinski definition) is 3. The SMILES string of the molecule is O=C(Nc1ccc2c(c1)N(S(=O)(=O)c1ccc(Cl)cc1)CC2)C1CC1. The molecule has 1 fully saturated rings. The average Bonchev–Trinajstić information content (AvgIpc) is 3.35. The van der Waals surface area contributed by atoms with Crippen molar-refractivity contribution >= 4 is 38.9 Å². The van der Waals surface area contributed by atoms with Gasteiger partial charge in [0.2, 0.25) is 5.91 Å². The Balaban J connectivity index is 1.65. The summed E-state index contributed by atoms with van der Waals surface area (Å²) >= 11 is 5.85. The maximum absolute atomic E-state index is 13.0. The summed E-state index contributed by atoms with van der Waals surface area (Å²) in [5, 5.41) is 3.37. The van der Waals surface area contributed by atoms with Crippen LogP contribution < -0.4 is 9.62 Å². The summed E-state index contributed by atoms with van der Waals surface area (Å²) in [7, 11) is -3.66. The Labute approximate surface area is 151 Å². The fourth-order valence-electron chi connectivity index (χ4n) is 3.00. The van der Waals surface area contributed by atoms with Gasteiger partial charge in [-0.2, -0.15) is 0 Å². The van der Waals surface area contributed by atoms with Crippen molar-refractivity contribution in [2.24, 2.45) is 5.92 Å². The van der Waals surface area contributed by atoms with Gasteiger partial charge < -0.3 is 5.32 Å². The highest BCUT2D eigenvalue weighted by atomic mass is 35.5. The quantitative estimate of drug-likeness (QED) is 0.888. The zero-order chi connectivity index (χ0) is 17.6. The lowest BCUT2D eigenvalue weighted by molar-refractivity contribution is -0.117. The second-order valence-corrected chi connectivity index (χ2v) is 8.69. The molecule has 130 valence electrons. The number of fused-ring (bicyclic) bond motifs is 1. The molecule has 2 aromatic carbocycles. The van der Waals surface area contributed by atoms with Crippen LogP contribution in [0.15, 0.2) is 47.4 Å². The molecule has 25 heavy (non-hydrogen) atoms. The second-order valence-electron chi connectivity index (χ2n) is 6.39. The summed E-state index contributed by atoms with van der Waals surface area (Å²) in [4.78, 5) is 12.2. The van der Waals surface area contributed by atoms with Gasteiger partial charge in [-0.25, -0.2) is 8.42 Å². The Morgan fingerprint density at radius 1 is 1.12 bits per heavy atom. The molecule has 1 aliphatic heterocycles. The molecule has 1 aliphatic carbocycles. The first-order chi connectivity index (χ1) is 11.9. The summed E-state index contributed by atoms with van der Waals surface area (Å²) in [5.74, 6) is 0.104. The number of carbonyl (C=O) groups is 1. The first-order valence-electron chi connectivity index (χ1n) is 8.17. The molecular formula is C18H17ClN2O3S. The van der Waals surface area contributed by atoms with Crippen LogP contribution >= 0.6 is 11.6 Å². The molecule has 1 heterocycles. The molecule has 7 heteroatoms. The molecule has 0 aromatic heterocycles. The Morgan fingerprint density at radius 3 is 2.52 bits per heavy atom. The van der Waals surface area contributed by atoms with Crippen molar-refractivity contribution in [1.82, 2.24) is 0 Å². The molecule has 0 radical (unpaired) electrons. The first-order valence-corrected chi connectivity index (χ1v) is 9.99. The van der Waals surface area contributed by atoms with E-state index in [4.69, 9.17) is 11.6 Å². The van der Waals surface area contributed by atoms with Gasteiger partial charge in [-0.05, 0) is 61.2 Å². The summed E-state index contributed by atoms with van der Waals surface area (Å²) in [5.41, 5.74) is 2.22. The van der Waals surface area contributed by atoms with E-state index in [-0.39, 0.29) is 16.7 Å². The number of rotatable bonds is 4. The normalized spacial score (nSPS) is 16.6. The minimum atomic E-state index is -3.66. The van der Waals surface area contributed by atoms with E-state index < -0.39 is 10.0 Å². The van der Waals surface area contributed by atoms with Crippen molar-refractivity contribution < 1.29 is 13.2 Å². The second kappa shape index (κ2) is 6.04. The number of nitrogens with zero attached hydrogens (tertiary/aromatic N) is 1. The van der Waals surface area contributed by atoms with Gasteiger partial charge in [0.05, 0.1) is 10.6 Å². The molecule has 0 unspecified atom stereocenters.